The fraction of sp³-hybridized carbons (Fsp3) is 0.375. The summed E-state index contributed by atoms with van der Waals surface area (Å²) < 4.78 is 5.07. The summed E-state index contributed by atoms with van der Waals surface area (Å²) in [5.74, 6) is 0.820. The number of allylic oxidation sites excluding steroid dienone is 2. The fourth-order valence-electron chi connectivity index (χ4n) is 2.26. The van der Waals surface area contributed by atoms with Gasteiger partial charge in [-0.3, -0.25) is 9.79 Å². The van der Waals surface area contributed by atoms with Crippen LogP contribution in [0.2, 0.25) is 0 Å². The van der Waals surface area contributed by atoms with E-state index in [1.807, 2.05) is 13.8 Å². The Hall–Kier alpha value is -2.10. The lowest BCUT2D eigenvalue weighted by atomic mass is 9.77. The maximum Gasteiger partial charge on any atom is 0.168 e. The van der Waals surface area contributed by atoms with E-state index in [-0.39, 0.29) is 17.0 Å². The Morgan fingerprint density at radius 3 is 2.45 bits per heavy atom. The smallest absolute Gasteiger partial charge is 0.168 e. The molecular weight excluding hydrogens is 254 g/mol. The van der Waals surface area contributed by atoms with E-state index in [0.717, 1.165) is 5.75 Å². The van der Waals surface area contributed by atoms with Gasteiger partial charge >= 0.3 is 0 Å². The van der Waals surface area contributed by atoms with Gasteiger partial charge in [-0.1, -0.05) is 13.8 Å². The van der Waals surface area contributed by atoms with Gasteiger partial charge in [0.05, 0.1) is 18.4 Å². The molecule has 0 amide bonds. The standard InChI is InChI=1S/C16H19NO3/c1-16(2)8-14(18)13(15(19)9-16)10-17-11-4-6-12(20-3)7-5-11/h4-7,10,18H,8-9H2,1-3H3. The van der Waals surface area contributed by atoms with E-state index in [9.17, 15) is 9.90 Å². The highest BCUT2D eigenvalue weighted by atomic mass is 16.5. The van der Waals surface area contributed by atoms with Crippen LogP contribution >= 0.6 is 0 Å². The minimum absolute atomic E-state index is 0.0592. The lowest BCUT2D eigenvalue weighted by Gasteiger charge is -2.28. The minimum Gasteiger partial charge on any atom is -0.511 e. The Kier molecular flexibility index (Phi) is 3.93. The van der Waals surface area contributed by atoms with E-state index in [1.165, 1.54) is 6.21 Å². The summed E-state index contributed by atoms with van der Waals surface area (Å²) in [6.45, 7) is 3.94. The molecule has 0 atom stereocenters. The zero-order valence-electron chi connectivity index (χ0n) is 12.0. The highest BCUT2D eigenvalue weighted by Crippen LogP contribution is 2.35. The number of methoxy groups -OCH3 is 1. The van der Waals surface area contributed by atoms with Gasteiger partial charge in [-0.15, -0.1) is 0 Å². The molecule has 1 aliphatic rings. The predicted molar refractivity (Wildman–Crippen MR) is 78.8 cm³/mol. The number of carbonyl (C=O) groups is 1. The first-order chi connectivity index (χ1) is 9.41. The molecule has 106 valence electrons. The molecule has 0 saturated carbocycles. The number of aliphatic imine (C=N–C) groups is 1. The number of ketones is 1. The van der Waals surface area contributed by atoms with Gasteiger partial charge in [-0.05, 0) is 29.7 Å². The van der Waals surface area contributed by atoms with Crippen molar-refractivity contribution in [2.75, 3.05) is 7.11 Å². The van der Waals surface area contributed by atoms with Crippen LogP contribution < -0.4 is 4.74 Å². The first kappa shape index (κ1) is 14.3. The Morgan fingerprint density at radius 1 is 1.25 bits per heavy atom. The van der Waals surface area contributed by atoms with Gasteiger partial charge in [-0.2, -0.15) is 0 Å². The number of aliphatic hydroxyl groups is 1. The van der Waals surface area contributed by atoms with Gasteiger partial charge in [0.2, 0.25) is 0 Å². The van der Waals surface area contributed by atoms with Crippen LogP contribution in [-0.4, -0.2) is 24.2 Å². The van der Waals surface area contributed by atoms with Crippen molar-refractivity contribution in [1.82, 2.24) is 0 Å². The van der Waals surface area contributed by atoms with Gasteiger partial charge < -0.3 is 9.84 Å². The molecule has 1 aromatic rings. The van der Waals surface area contributed by atoms with E-state index in [4.69, 9.17) is 4.74 Å². The van der Waals surface area contributed by atoms with Crippen molar-refractivity contribution in [1.29, 1.82) is 0 Å². The van der Waals surface area contributed by atoms with Gasteiger partial charge in [0, 0.05) is 19.1 Å². The molecule has 1 N–H and O–H groups in total. The number of benzene rings is 1. The third-order valence-corrected chi connectivity index (χ3v) is 3.31. The van der Waals surface area contributed by atoms with Crippen molar-refractivity contribution in [3.63, 3.8) is 0 Å². The molecule has 0 aliphatic heterocycles. The molecule has 0 spiro atoms. The van der Waals surface area contributed by atoms with E-state index in [1.54, 1.807) is 31.4 Å². The number of carbonyl (C=O) groups excluding carboxylic acids is 1. The molecular formula is C16H19NO3. The van der Waals surface area contributed by atoms with Gasteiger partial charge in [0.15, 0.2) is 5.78 Å². The van der Waals surface area contributed by atoms with E-state index in [0.29, 0.717) is 24.1 Å². The summed E-state index contributed by atoms with van der Waals surface area (Å²) in [6, 6.07) is 7.19. The van der Waals surface area contributed by atoms with Crippen LogP contribution in [-0.2, 0) is 4.79 Å². The molecule has 2 rings (SSSR count). The summed E-state index contributed by atoms with van der Waals surface area (Å²) in [7, 11) is 1.60. The van der Waals surface area contributed by atoms with Crippen molar-refractivity contribution < 1.29 is 14.6 Å². The van der Waals surface area contributed by atoms with Crippen molar-refractivity contribution >= 4 is 17.7 Å². The lowest BCUT2D eigenvalue weighted by molar-refractivity contribution is -0.117. The van der Waals surface area contributed by atoms with Gasteiger partial charge in [0.25, 0.3) is 0 Å². The molecule has 1 aromatic carbocycles. The van der Waals surface area contributed by atoms with E-state index < -0.39 is 0 Å². The molecule has 4 heteroatoms. The molecule has 4 nitrogen and oxygen atoms in total. The third kappa shape index (κ3) is 3.26. The van der Waals surface area contributed by atoms with Crippen molar-refractivity contribution in [2.45, 2.75) is 26.7 Å². The number of ether oxygens (including phenoxy) is 1. The van der Waals surface area contributed by atoms with Crippen LogP contribution in [0.15, 0.2) is 40.6 Å². The average Bonchev–Trinajstić information content (AvgIpc) is 2.37. The highest BCUT2D eigenvalue weighted by Gasteiger charge is 2.32. The first-order valence-electron chi connectivity index (χ1n) is 6.55. The maximum atomic E-state index is 12.0. The molecule has 20 heavy (non-hydrogen) atoms. The molecule has 1 aliphatic carbocycles. The second-order valence-electron chi connectivity index (χ2n) is 5.76. The number of Topliss-reactive ketones (excluding diaryl/α,β-unsaturated/α-hetero) is 1. The third-order valence-electron chi connectivity index (χ3n) is 3.31. The predicted octanol–water partition coefficient (Wildman–Crippen LogP) is 3.60. The number of hydrogen-bond donors (Lipinski definition) is 1. The first-order valence-corrected chi connectivity index (χ1v) is 6.55. The zero-order valence-corrected chi connectivity index (χ0v) is 12.0. The van der Waals surface area contributed by atoms with Crippen molar-refractivity contribution in [3.8, 4) is 5.75 Å². The lowest BCUT2D eigenvalue weighted by Crippen LogP contribution is -2.26. The minimum atomic E-state index is -0.182. The Labute approximate surface area is 118 Å². The molecule has 0 fully saturated rings. The van der Waals surface area contributed by atoms with Crippen LogP contribution in [0.3, 0.4) is 0 Å². The quantitative estimate of drug-likeness (QED) is 0.856. The topological polar surface area (TPSA) is 58.9 Å². The summed E-state index contributed by atoms with van der Waals surface area (Å²) in [5.41, 5.74) is 0.849. The monoisotopic (exact) mass is 273 g/mol. The summed E-state index contributed by atoms with van der Waals surface area (Å²) >= 11 is 0. The second-order valence-corrected chi connectivity index (χ2v) is 5.76. The van der Waals surface area contributed by atoms with Crippen LogP contribution in [0.5, 0.6) is 5.75 Å². The average molecular weight is 273 g/mol. The van der Waals surface area contributed by atoms with Crippen LogP contribution in [0.25, 0.3) is 0 Å². The van der Waals surface area contributed by atoms with E-state index >= 15 is 0 Å². The molecule has 0 heterocycles. The second kappa shape index (κ2) is 5.49. The Morgan fingerprint density at radius 2 is 1.90 bits per heavy atom. The molecule has 0 radical (unpaired) electrons. The molecule has 0 saturated heterocycles. The Balaban J connectivity index is 2.19. The normalized spacial score (nSPS) is 18.6. The summed E-state index contributed by atoms with van der Waals surface area (Å²) in [4.78, 5) is 16.2. The van der Waals surface area contributed by atoms with Crippen molar-refractivity contribution in [3.05, 3.63) is 35.6 Å². The van der Waals surface area contributed by atoms with Crippen molar-refractivity contribution in [2.24, 2.45) is 10.4 Å². The van der Waals surface area contributed by atoms with Crippen LogP contribution in [0.4, 0.5) is 5.69 Å². The van der Waals surface area contributed by atoms with Gasteiger partial charge in [-0.25, -0.2) is 0 Å². The summed E-state index contributed by atoms with van der Waals surface area (Å²) in [5, 5.41) is 9.98. The number of aliphatic hydroxyl groups excluding tert-OH is 1. The molecule has 0 aromatic heterocycles. The highest BCUT2D eigenvalue weighted by molar-refractivity contribution is 6.14. The number of nitrogens with zero attached hydrogens (tertiary/aromatic N) is 1. The van der Waals surface area contributed by atoms with Crippen LogP contribution in [0, 0.1) is 5.41 Å². The fourth-order valence-corrected chi connectivity index (χ4v) is 2.26. The zero-order chi connectivity index (χ0) is 14.8. The number of hydrogen-bond acceptors (Lipinski definition) is 4. The number of rotatable bonds is 3. The molecule has 0 unspecified atom stereocenters. The molecule has 0 bridgehead atoms. The van der Waals surface area contributed by atoms with E-state index in [2.05, 4.69) is 4.99 Å². The Bertz CT molecular complexity index is 568. The maximum absolute atomic E-state index is 12.0. The largest absolute Gasteiger partial charge is 0.511 e. The SMILES string of the molecule is COc1ccc(N=CC2=C(O)CC(C)(C)CC2=O)cc1. The summed E-state index contributed by atoms with van der Waals surface area (Å²) in [6.07, 6.45) is 2.39. The van der Waals surface area contributed by atoms with Crippen LogP contribution in [0.1, 0.15) is 26.7 Å². The van der Waals surface area contributed by atoms with Gasteiger partial charge in [0.1, 0.15) is 11.5 Å².